The fourth-order valence-electron chi connectivity index (χ4n) is 6.75. The van der Waals surface area contributed by atoms with Crippen molar-refractivity contribution >= 4 is 11.9 Å². The van der Waals surface area contributed by atoms with Crippen molar-refractivity contribution in [1.29, 1.82) is 0 Å². The summed E-state index contributed by atoms with van der Waals surface area (Å²) in [6.07, 6.45) is 31.8. The van der Waals surface area contributed by atoms with Gasteiger partial charge in [-0.1, -0.05) is 160 Å². The predicted octanol–water partition coefficient (Wildman–Crippen LogP) is 9.33. The molecule has 1 fully saturated rings. The lowest BCUT2D eigenvalue weighted by Crippen LogP contribution is -2.59. The molecule has 0 aromatic rings. The summed E-state index contributed by atoms with van der Waals surface area (Å²) in [7, 11) is 0. The van der Waals surface area contributed by atoms with Crippen LogP contribution in [0.25, 0.3) is 0 Å². The van der Waals surface area contributed by atoms with Crippen molar-refractivity contribution in [3.8, 4) is 0 Å². The van der Waals surface area contributed by atoms with E-state index in [9.17, 15) is 30.0 Å². The molecular weight excluding hydrogens is 700 g/mol. The van der Waals surface area contributed by atoms with Gasteiger partial charge in [0.15, 0.2) is 12.4 Å². The second kappa shape index (κ2) is 36.5. The van der Waals surface area contributed by atoms with E-state index in [4.69, 9.17) is 18.9 Å². The van der Waals surface area contributed by atoms with Gasteiger partial charge in [-0.3, -0.25) is 9.59 Å². The van der Waals surface area contributed by atoms with Crippen LogP contribution in [0, 0.1) is 0 Å². The fraction of sp³-hybridized carbons (Fsp3) is 0.867. The van der Waals surface area contributed by atoms with Crippen LogP contribution < -0.4 is 0 Å². The SMILES string of the molecule is CCCCCCCC/C=C/C/C=C/CCCCC(=O)O[C@@H](COC(=O)CCCCCCCCCCCCCCCCC)CO[C@H]1O[C@@H](CO)[C@@H](O)C(O)C1O. The minimum absolute atomic E-state index is 0.190. The first kappa shape index (κ1) is 51.2. The lowest BCUT2D eigenvalue weighted by Gasteiger charge is -2.39. The maximum Gasteiger partial charge on any atom is 0.306 e. The number of unbranched alkanes of at least 4 members (excludes halogenated alkanes) is 22. The third-order valence-corrected chi connectivity index (χ3v) is 10.3. The van der Waals surface area contributed by atoms with E-state index in [1.165, 1.54) is 116 Å². The van der Waals surface area contributed by atoms with Crippen molar-refractivity contribution in [3.05, 3.63) is 24.3 Å². The van der Waals surface area contributed by atoms with Gasteiger partial charge in [-0.2, -0.15) is 0 Å². The van der Waals surface area contributed by atoms with Gasteiger partial charge < -0.3 is 39.4 Å². The minimum Gasteiger partial charge on any atom is -0.462 e. The number of aliphatic hydroxyl groups excluding tert-OH is 4. The molecule has 10 heteroatoms. The molecule has 0 spiro atoms. The second-order valence-electron chi connectivity index (χ2n) is 15.5. The van der Waals surface area contributed by atoms with E-state index in [2.05, 4.69) is 38.2 Å². The van der Waals surface area contributed by atoms with Gasteiger partial charge in [-0.15, -0.1) is 0 Å². The third kappa shape index (κ3) is 28.3. The van der Waals surface area contributed by atoms with Crippen molar-refractivity contribution in [2.24, 2.45) is 0 Å². The first-order chi connectivity index (χ1) is 26.8. The van der Waals surface area contributed by atoms with Gasteiger partial charge in [0.1, 0.15) is 31.0 Å². The lowest BCUT2D eigenvalue weighted by molar-refractivity contribution is -0.305. The van der Waals surface area contributed by atoms with Gasteiger partial charge >= 0.3 is 11.9 Å². The van der Waals surface area contributed by atoms with Crippen molar-refractivity contribution in [3.63, 3.8) is 0 Å². The zero-order valence-corrected chi connectivity index (χ0v) is 34.9. The van der Waals surface area contributed by atoms with Crippen LogP contribution in [-0.4, -0.2) is 89.0 Å². The van der Waals surface area contributed by atoms with E-state index in [0.717, 1.165) is 44.9 Å². The molecule has 1 saturated heterocycles. The molecule has 0 aliphatic carbocycles. The Hall–Kier alpha value is -1.82. The number of rotatable bonds is 37. The maximum atomic E-state index is 12.7. The summed E-state index contributed by atoms with van der Waals surface area (Å²) in [5.74, 6) is -0.838. The molecule has 0 bridgehead atoms. The van der Waals surface area contributed by atoms with E-state index < -0.39 is 49.4 Å². The molecular formula is C45H82O10. The molecule has 2 unspecified atom stereocenters. The highest BCUT2D eigenvalue weighted by Gasteiger charge is 2.44. The Kier molecular flexibility index (Phi) is 34.0. The summed E-state index contributed by atoms with van der Waals surface area (Å²) in [5.41, 5.74) is 0. The second-order valence-corrected chi connectivity index (χ2v) is 15.5. The quantitative estimate of drug-likeness (QED) is 0.0273. The minimum atomic E-state index is -1.60. The number of esters is 2. The van der Waals surface area contributed by atoms with Gasteiger partial charge in [0.2, 0.25) is 0 Å². The van der Waals surface area contributed by atoms with Crippen molar-refractivity contribution in [2.45, 2.75) is 230 Å². The predicted molar refractivity (Wildman–Crippen MR) is 219 cm³/mol. The van der Waals surface area contributed by atoms with Gasteiger partial charge in [-0.05, 0) is 44.9 Å². The van der Waals surface area contributed by atoms with E-state index in [1.54, 1.807) is 0 Å². The van der Waals surface area contributed by atoms with Crippen molar-refractivity contribution in [2.75, 3.05) is 19.8 Å². The first-order valence-electron chi connectivity index (χ1n) is 22.4. The van der Waals surface area contributed by atoms with Crippen LogP contribution in [-0.2, 0) is 28.5 Å². The Labute approximate surface area is 334 Å². The van der Waals surface area contributed by atoms with E-state index in [-0.39, 0.29) is 32.0 Å². The Morgan fingerprint density at radius 3 is 1.55 bits per heavy atom. The highest BCUT2D eigenvalue weighted by Crippen LogP contribution is 2.22. The number of allylic oxidation sites excluding steroid dienone is 4. The number of carbonyl (C=O) groups is 2. The van der Waals surface area contributed by atoms with Crippen LogP contribution in [0.15, 0.2) is 24.3 Å². The largest absolute Gasteiger partial charge is 0.462 e. The highest BCUT2D eigenvalue weighted by atomic mass is 16.7. The first-order valence-corrected chi connectivity index (χ1v) is 22.4. The van der Waals surface area contributed by atoms with Gasteiger partial charge in [0.25, 0.3) is 0 Å². The molecule has 1 aliphatic rings. The van der Waals surface area contributed by atoms with Crippen LogP contribution in [0.2, 0.25) is 0 Å². The zero-order chi connectivity index (χ0) is 40.2. The molecule has 1 aliphatic heterocycles. The highest BCUT2D eigenvalue weighted by molar-refractivity contribution is 5.70. The molecule has 0 radical (unpaired) electrons. The standard InChI is InChI=1S/C45H82O10/c1-3-5-7-9-11-13-15-17-19-21-23-25-27-29-31-33-40(47)52-36-38(37-53-45-44(51)43(50)42(49)39(35-46)55-45)54-41(48)34-32-30-28-26-24-22-20-18-16-14-12-10-8-6-4-2/h18,20,24,26,38-39,42-46,49-51H,3-17,19,21-23,25,27-37H2,1-2H3/b20-18+,26-24+/t38-,39-,42+,43?,44?,45-/m0/s1. The van der Waals surface area contributed by atoms with Crippen LogP contribution in [0.3, 0.4) is 0 Å². The van der Waals surface area contributed by atoms with E-state index in [0.29, 0.717) is 6.42 Å². The molecule has 0 aromatic heterocycles. The number of hydrogen-bond donors (Lipinski definition) is 4. The smallest absolute Gasteiger partial charge is 0.306 e. The average Bonchev–Trinajstić information content (AvgIpc) is 3.18. The molecule has 6 atom stereocenters. The lowest BCUT2D eigenvalue weighted by atomic mass is 9.99. The average molecular weight is 783 g/mol. The Morgan fingerprint density at radius 2 is 1.02 bits per heavy atom. The number of hydrogen-bond acceptors (Lipinski definition) is 10. The summed E-state index contributed by atoms with van der Waals surface area (Å²) in [4.78, 5) is 25.3. The van der Waals surface area contributed by atoms with Crippen LogP contribution in [0.5, 0.6) is 0 Å². The van der Waals surface area contributed by atoms with Gasteiger partial charge in [0, 0.05) is 12.8 Å². The molecule has 1 heterocycles. The summed E-state index contributed by atoms with van der Waals surface area (Å²) < 4.78 is 22.1. The van der Waals surface area contributed by atoms with Crippen molar-refractivity contribution < 1.29 is 49.0 Å². The summed E-state index contributed by atoms with van der Waals surface area (Å²) in [6.45, 7) is 3.39. The molecule has 55 heavy (non-hydrogen) atoms. The maximum absolute atomic E-state index is 12.7. The van der Waals surface area contributed by atoms with Crippen LogP contribution >= 0.6 is 0 Å². The topological polar surface area (TPSA) is 152 Å². The summed E-state index contributed by atoms with van der Waals surface area (Å²) in [6, 6.07) is 0. The van der Waals surface area contributed by atoms with Crippen LogP contribution in [0.4, 0.5) is 0 Å². The van der Waals surface area contributed by atoms with Gasteiger partial charge in [0.05, 0.1) is 13.2 Å². The molecule has 0 aromatic carbocycles. The molecule has 0 amide bonds. The normalized spacial score (nSPS) is 20.7. The molecule has 10 nitrogen and oxygen atoms in total. The van der Waals surface area contributed by atoms with E-state index in [1.807, 2.05) is 0 Å². The van der Waals surface area contributed by atoms with Gasteiger partial charge in [-0.25, -0.2) is 0 Å². The fourth-order valence-corrected chi connectivity index (χ4v) is 6.75. The Bertz CT molecular complexity index is 954. The Morgan fingerprint density at radius 1 is 0.564 bits per heavy atom. The third-order valence-electron chi connectivity index (χ3n) is 10.3. The number of ether oxygens (including phenoxy) is 4. The summed E-state index contributed by atoms with van der Waals surface area (Å²) in [5, 5.41) is 40.0. The monoisotopic (exact) mass is 783 g/mol. The van der Waals surface area contributed by atoms with Crippen LogP contribution in [0.1, 0.15) is 194 Å². The van der Waals surface area contributed by atoms with E-state index >= 15 is 0 Å². The zero-order valence-electron chi connectivity index (χ0n) is 34.9. The van der Waals surface area contributed by atoms with Crippen molar-refractivity contribution in [1.82, 2.24) is 0 Å². The molecule has 322 valence electrons. The number of carbonyl (C=O) groups excluding carboxylic acids is 2. The molecule has 0 saturated carbocycles. The number of aliphatic hydroxyl groups is 4. The Balaban J connectivity index is 2.35. The summed E-state index contributed by atoms with van der Waals surface area (Å²) >= 11 is 0. The molecule has 4 N–H and O–H groups in total. The molecule has 1 rings (SSSR count).